The van der Waals surface area contributed by atoms with Crippen LogP contribution in [-0.4, -0.2) is 44.8 Å². The van der Waals surface area contributed by atoms with Crippen molar-refractivity contribution in [3.05, 3.63) is 5.82 Å². The third kappa shape index (κ3) is 3.11. The maximum Gasteiger partial charge on any atom is 0.233 e. The van der Waals surface area contributed by atoms with E-state index < -0.39 is 0 Å². The minimum atomic E-state index is 0.217. The Kier molecular flexibility index (Phi) is 4.06. The Morgan fingerprint density at radius 2 is 2.00 bits per heavy atom. The van der Waals surface area contributed by atoms with Gasteiger partial charge in [-0.25, -0.2) is 4.98 Å². The molecule has 3 rings (SSSR count). The minimum Gasteiger partial charge on any atom is -0.342 e. The molecule has 104 valence electrons. The highest BCUT2D eigenvalue weighted by Crippen LogP contribution is 2.32. The SMILES string of the molecule is O=C(CSc1n[nH]c(C2CCCC2)n1)N1CCCC1. The number of aromatic nitrogens is 3. The van der Waals surface area contributed by atoms with E-state index in [0.29, 0.717) is 11.7 Å². The van der Waals surface area contributed by atoms with Crippen LogP contribution >= 0.6 is 11.8 Å². The Labute approximate surface area is 117 Å². The molecule has 5 nitrogen and oxygen atoms in total. The molecule has 0 atom stereocenters. The van der Waals surface area contributed by atoms with Crippen LogP contribution in [0.5, 0.6) is 0 Å². The topological polar surface area (TPSA) is 61.9 Å². The lowest BCUT2D eigenvalue weighted by atomic mass is 10.1. The molecule has 1 saturated carbocycles. The number of carbonyl (C=O) groups excluding carboxylic acids is 1. The lowest BCUT2D eigenvalue weighted by Gasteiger charge is -2.13. The van der Waals surface area contributed by atoms with E-state index in [1.165, 1.54) is 37.4 Å². The first kappa shape index (κ1) is 13.0. The van der Waals surface area contributed by atoms with Crippen LogP contribution in [0.15, 0.2) is 5.16 Å². The summed E-state index contributed by atoms with van der Waals surface area (Å²) in [5.41, 5.74) is 0. The normalized spacial score (nSPS) is 20.3. The van der Waals surface area contributed by atoms with E-state index in [4.69, 9.17) is 0 Å². The fourth-order valence-corrected chi connectivity index (χ4v) is 3.60. The molecule has 0 spiro atoms. The molecule has 0 radical (unpaired) electrons. The molecule has 0 unspecified atom stereocenters. The highest BCUT2D eigenvalue weighted by atomic mass is 32.2. The summed E-state index contributed by atoms with van der Waals surface area (Å²) in [5.74, 6) is 2.24. The zero-order valence-corrected chi connectivity index (χ0v) is 11.9. The Morgan fingerprint density at radius 1 is 1.26 bits per heavy atom. The molecule has 2 aliphatic rings. The van der Waals surface area contributed by atoms with Crippen LogP contribution < -0.4 is 0 Å². The number of nitrogens with one attached hydrogen (secondary N) is 1. The maximum atomic E-state index is 11.9. The van der Waals surface area contributed by atoms with Crippen LogP contribution in [0.3, 0.4) is 0 Å². The smallest absolute Gasteiger partial charge is 0.233 e. The van der Waals surface area contributed by atoms with E-state index in [9.17, 15) is 4.79 Å². The molecule has 2 fully saturated rings. The molecule has 1 aromatic heterocycles. The van der Waals surface area contributed by atoms with E-state index >= 15 is 0 Å². The first-order chi connectivity index (χ1) is 9.33. The first-order valence-electron chi connectivity index (χ1n) is 7.16. The Hall–Kier alpha value is -1.04. The van der Waals surface area contributed by atoms with Gasteiger partial charge in [0, 0.05) is 19.0 Å². The molecule has 1 saturated heterocycles. The van der Waals surface area contributed by atoms with Gasteiger partial charge in [0.1, 0.15) is 5.82 Å². The predicted octanol–water partition coefficient (Wildman–Crippen LogP) is 2.18. The Bertz CT molecular complexity index is 436. The molecular formula is C13H20N4OS. The van der Waals surface area contributed by atoms with Gasteiger partial charge in [-0.3, -0.25) is 9.89 Å². The number of carbonyl (C=O) groups is 1. The van der Waals surface area contributed by atoms with E-state index in [1.807, 2.05) is 4.90 Å². The number of rotatable bonds is 4. The molecule has 0 bridgehead atoms. The number of hydrogen-bond donors (Lipinski definition) is 1. The van der Waals surface area contributed by atoms with Crippen molar-refractivity contribution in [2.75, 3.05) is 18.8 Å². The van der Waals surface area contributed by atoms with Gasteiger partial charge >= 0.3 is 0 Å². The van der Waals surface area contributed by atoms with Crippen molar-refractivity contribution in [3.8, 4) is 0 Å². The second-order valence-corrected chi connectivity index (χ2v) is 6.30. The zero-order chi connectivity index (χ0) is 13.1. The number of aromatic amines is 1. The molecule has 1 aliphatic heterocycles. The van der Waals surface area contributed by atoms with Gasteiger partial charge in [-0.2, -0.15) is 0 Å². The summed E-state index contributed by atoms with van der Waals surface area (Å²) in [6.45, 7) is 1.83. The molecule has 1 aliphatic carbocycles. The molecule has 1 N–H and O–H groups in total. The quantitative estimate of drug-likeness (QED) is 0.859. The van der Waals surface area contributed by atoms with Crippen molar-refractivity contribution in [3.63, 3.8) is 0 Å². The average Bonchev–Trinajstić information content (AvgIpc) is 3.14. The van der Waals surface area contributed by atoms with Crippen LogP contribution in [0.4, 0.5) is 0 Å². The van der Waals surface area contributed by atoms with Gasteiger partial charge in [0.2, 0.25) is 11.1 Å². The average molecular weight is 280 g/mol. The van der Waals surface area contributed by atoms with Gasteiger partial charge in [0.25, 0.3) is 0 Å². The fraction of sp³-hybridized carbons (Fsp3) is 0.769. The van der Waals surface area contributed by atoms with E-state index in [1.54, 1.807) is 0 Å². The van der Waals surface area contributed by atoms with Gasteiger partial charge < -0.3 is 4.90 Å². The predicted molar refractivity (Wildman–Crippen MR) is 74.1 cm³/mol. The fourth-order valence-electron chi connectivity index (χ4n) is 2.89. The van der Waals surface area contributed by atoms with Crippen molar-refractivity contribution in [2.45, 2.75) is 49.6 Å². The summed E-state index contributed by atoms with van der Waals surface area (Å²) in [6.07, 6.45) is 7.30. The van der Waals surface area contributed by atoms with Crippen LogP contribution in [0.2, 0.25) is 0 Å². The van der Waals surface area contributed by atoms with Crippen molar-refractivity contribution in [1.29, 1.82) is 0 Å². The van der Waals surface area contributed by atoms with Gasteiger partial charge in [-0.15, -0.1) is 5.10 Å². The van der Waals surface area contributed by atoms with Crippen molar-refractivity contribution in [2.24, 2.45) is 0 Å². The number of hydrogen-bond acceptors (Lipinski definition) is 4. The summed E-state index contributed by atoms with van der Waals surface area (Å²) >= 11 is 1.45. The molecule has 2 heterocycles. The third-order valence-electron chi connectivity index (χ3n) is 4.01. The summed E-state index contributed by atoms with van der Waals surface area (Å²) < 4.78 is 0. The molecule has 19 heavy (non-hydrogen) atoms. The largest absolute Gasteiger partial charge is 0.342 e. The van der Waals surface area contributed by atoms with E-state index in [0.717, 1.165) is 36.9 Å². The summed E-state index contributed by atoms with van der Waals surface area (Å²) in [6, 6.07) is 0. The number of thioether (sulfide) groups is 1. The minimum absolute atomic E-state index is 0.217. The van der Waals surface area contributed by atoms with E-state index in [-0.39, 0.29) is 5.91 Å². The van der Waals surface area contributed by atoms with Crippen LogP contribution in [-0.2, 0) is 4.79 Å². The standard InChI is InChI=1S/C13H20N4OS/c18-11(17-7-3-4-8-17)9-19-13-14-12(15-16-13)10-5-1-2-6-10/h10H,1-9H2,(H,14,15,16). The molecule has 1 amide bonds. The second-order valence-electron chi connectivity index (χ2n) is 5.36. The monoisotopic (exact) mass is 280 g/mol. The van der Waals surface area contributed by atoms with Crippen LogP contribution in [0, 0.1) is 0 Å². The summed E-state index contributed by atoms with van der Waals surface area (Å²) in [4.78, 5) is 18.4. The molecule has 1 aromatic rings. The number of amides is 1. The van der Waals surface area contributed by atoms with Crippen molar-refractivity contribution < 1.29 is 4.79 Å². The summed E-state index contributed by atoms with van der Waals surface area (Å²) in [5, 5.41) is 7.97. The zero-order valence-electron chi connectivity index (χ0n) is 11.1. The highest BCUT2D eigenvalue weighted by Gasteiger charge is 2.22. The van der Waals surface area contributed by atoms with E-state index in [2.05, 4.69) is 15.2 Å². The Morgan fingerprint density at radius 3 is 2.74 bits per heavy atom. The second kappa shape index (κ2) is 5.94. The lowest BCUT2D eigenvalue weighted by molar-refractivity contribution is -0.127. The molecule has 0 aromatic carbocycles. The maximum absolute atomic E-state index is 11.9. The lowest BCUT2D eigenvalue weighted by Crippen LogP contribution is -2.29. The number of H-pyrrole nitrogens is 1. The third-order valence-corrected chi connectivity index (χ3v) is 4.84. The van der Waals surface area contributed by atoms with Crippen molar-refractivity contribution in [1.82, 2.24) is 20.1 Å². The summed E-state index contributed by atoms with van der Waals surface area (Å²) in [7, 11) is 0. The number of nitrogens with zero attached hydrogens (tertiary/aromatic N) is 3. The molecular weight excluding hydrogens is 260 g/mol. The van der Waals surface area contributed by atoms with Crippen LogP contribution in [0.1, 0.15) is 50.3 Å². The Balaban J connectivity index is 1.51. The van der Waals surface area contributed by atoms with Crippen molar-refractivity contribution >= 4 is 17.7 Å². The van der Waals surface area contributed by atoms with Gasteiger partial charge in [0.05, 0.1) is 5.75 Å². The first-order valence-corrected chi connectivity index (χ1v) is 8.14. The van der Waals surface area contributed by atoms with Gasteiger partial charge in [-0.05, 0) is 25.7 Å². The number of likely N-dealkylation sites (tertiary alicyclic amines) is 1. The van der Waals surface area contributed by atoms with Gasteiger partial charge in [-0.1, -0.05) is 24.6 Å². The van der Waals surface area contributed by atoms with Crippen LogP contribution in [0.25, 0.3) is 0 Å². The van der Waals surface area contributed by atoms with Gasteiger partial charge in [0.15, 0.2) is 0 Å². The molecule has 6 heteroatoms. The highest BCUT2D eigenvalue weighted by molar-refractivity contribution is 7.99.